The van der Waals surface area contributed by atoms with Gasteiger partial charge in [0, 0.05) is 19.0 Å². The first kappa shape index (κ1) is 20.5. The van der Waals surface area contributed by atoms with E-state index in [1.54, 1.807) is 18.2 Å². The van der Waals surface area contributed by atoms with Gasteiger partial charge in [0.2, 0.25) is 15.9 Å². The number of sulfonamides is 1. The number of nitro groups is 1. The smallest absolute Gasteiger partial charge is 0.274 e. The SMILES string of the molecule is Cc1ccc(S(=O)(=O)NCCC(=O)Nc2cccc([N+](=O)[O-])c2C)cc1C. The van der Waals surface area contributed by atoms with Crippen molar-refractivity contribution < 1.29 is 18.1 Å². The van der Waals surface area contributed by atoms with Crippen LogP contribution in [0.1, 0.15) is 23.1 Å². The van der Waals surface area contributed by atoms with E-state index < -0.39 is 20.9 Å². The molecule has 8 nitrogen and oxygen atoms in total. The van der Waals surface area contributed by atoms with Crippen molar-refractivity contribution in [1.82, 2.24) is 4.72 Å². The monoisotopic (exact) mass is 391 g/mol. The molecule has 0 bridgehead atoms. The second kappa shape index (κ2) is 8.28. The van der Waals surface area contributed by atoms with Crippen LogP contribution in [-0.2, 0) is 14.8 Å². The fourth-order valence-corrected chi connectivity index (χ4v) is 3.55. The number of hydrogen-bond donors (Lipinski definition) is 2. The van der Waals surface area contributed by atoms with E-state index in [0.29, 0.717) is 11.3 Å². The van der Waals surface area contributed by atoms with Gasteiger partial charge >= 0.3 is 0 Å². The Hall–Kier alpha value is -2.78. The highest BCUT2D eigenvalue weighted by atomic mass is 32.2. The maximum Gasteiger partial charge on any atom is 0.274 e. The Morgan fingerprint density at radius 2 is 1.81 bits per heavy atom. The van der Waals surface area contributed by atoms with Crippen LogP contribution in [-0.4, -0.2) is 25.8 Å². The molecule has 0 saturated carbocycles. The second-order valence-electron chi connectivity index (χ2n) is 6.15. The van der Waals surface area contributed by atoms with E-state index in [1.807, 2.05) is 13.8 Å². The predicted molar refractivity (Wildman–Crippen MR) is 102 cm³/mol. The quantitative estimate of drug-likeness (QED) is 0.556. The van der Waals surface area contributed by atoms with Crippen LogP contribution >= 0.6 is 0 Å². The van der Waals surface area contributed by atoms with Crippen LogP contribution < -0.4 is 10.0 Å². The van der Waals surface area contributed by atoms with Gasteiger partial charge in [-0.2, -0.15) is 0 Å². The first-order valence-corrected chi connectivity index (χ1v) is 9.71. The Morgan fingerprint density at radius 3 is 2.44 bits per heavy atom. The number of nitrogens with zero attached hydrogens (tertiary/aromatic N) is 1. The molecule has 2 aromatic carbocycles. The molecule has 0 unspecified atom stereocenters. The predicted octanol–water partition coefficient (Wildman–Crippen LogP) is 2.83. The molecule has 0 aliphatic rings. The minimum atomic E-state index is -3.71. The van der Waals surface area contributed by atoms with Crippen molar-refractivity contribution in [2.45, 2.75) is 32.1 Å². The third-order valence-corrected chi connectivity index (χ3v) is 5.67. The van der Waals surface area contributed by atoms with E-state index in [2.05, 4.69) is 10.0 Å². The summed E-state index contributed by atoms with van der Waals surface area (Å²) in [6, 6.07) is 9.19. The van der Waals surface area contributed by atoms with Crippen LogP contribution in [0.15, 0.2) is 41.3 Å². The number of rotatable bonds is 7. The van der Waals surface area contributed by atoms with Gasteiger partial charge in [0.1, 0.15) is 0 Å². The standard InChI is InChI=1S/C18H21N3O5S/c1-12-7-8-15(11-13(12)2)27(25,26)19-10-9-18(22)20-16-5-4-6-17(14(16)3)21(23)24/h4-8,11,19H,9-10H2,1-3H3,(H,20,22). The van der Waals surface area contributed by atoms with Crippen molar-refractivity contribution >= 4 is 27.3 Å². The molecule has 0 aliphatic carbocycles. The number of hydrogen-bond acceptors (Lipinski definition) is 5. The summed E-state index contributed by atoms with van der Waals surface area (Å²) in [6.45, 7) is 5.16. The number of amides is 1. The summed E-state index contributed by atoms with van der Waals surface area (Å²) in [4.78, 5) is 22.6. The number of carbonyl (C=O) groups excluding carboxylic acids is 1. The first-order chi connectivity index (χ1) is 12.6. The highest BCUT2D eigenvalue weighted by Crippen LogP contribution is 2.25. The van der Waals surface area contributed by atoms with E-state index in [-0.39, 0.29) is 23.5 Å². The maximum atomic E-state index is 12.3. The minimum absolute atomic E-state index is 0.0882. The number of anilines is 1. The van der Waals surface area contributed by atoms with Gasteiger partial charge in [-0.15, -0.1) is 0 Å². The summed E-state index contributed by atoms with van der Waals surface area (Å²) in [5, 5.41) is 13.5. The van der Waals surface area contributed by atoms with Crippen LogP contribution in [0.4, 0.5) is 11.4 Å². The van der Waals surface area contributed by atoms with Crippen molar-refractivity contribution in [3.8, 4) is 0 Å². The van der Waals surface area contributed by atoms with Gasteiger partial charge in [0.05, 0.1) is 21.1 Å². The summed E-state index contributed by atoms with van der Waals surface area (Å²) in [5.41, 5.74) is 2.42. The Morgan fingerprint density at radius 1 is 1.11 bits per heavy atom. The highest BCUT2D eigenvalue weighted by Gasteiger charge is 2.17. The molecular formula is C18H21N3O5S. The lowest BCUT2D eigenvalue weighted by Crippen LogP contribution is -2.28. The molecule has 0 aromatic heterocycles. The van der Waals surface area contributed by atoms with E-state index >= 15 is 0 Å². The van der Waals surface area contributed by atoms with Crippen molar-refractivity contribution in [2.24, 2.45) is 0 Å². The van der Waals surface area contributed by atoms with Crippen LogP contribution in [0.5, 0.6) is 0 Å². The largest absolute Gasteiger partial charge is 0.326 e. The molecule has 0 heterocycles. The number of aryl methyl sites for hydroxylation is 2. The van der Waals surface area contributed by atoms with Crippen molar-refractivity contribution in [2.75, 3.05) is 11.9 Å². The van der Waals surface area contributed by atoms with E-state index in [0.717, 1.165) is 11.1 Å². The zero-order valence-corrected chi connectivity index (χ0v) is 16.1. The summed E-state index contributed by atoms with van der Waals surface area (Å²) >= 11 is 0. The molecule has 144 valence electrons. The maximum absolute atomic E-state index is 12.3. The zero-order valence-electron chi connectivity index (χ0n) is 15.3. The van der Waals surface area contributed by atoms with Gasteiger partial charge in [0.15, 0.2) is 0 Å². The average Bonchev–Trinajstić information content (AvgIpc) is 2.58. The van der Waals surface area contributed by atoms with Crippen molar-refractivity contribution in [1.29, 1.82) is 0 Å². The van der Waals surface area contributed by atoms with E-state index in [1.165, 1.54) is 25.1 Å². The molecule has 2 rings (SSSR count). The van der Waals surface area contributed by atoms with Gasteiger partial charge in [-0.05, 0) is 50.1 Å². The second-order valence-corrected chi connectivity index (χ2v) is 7.92. The zero-order chi connectivity index (χ0) is 20.2. The molecule has 0 aliphatic heterocycles. The van der Waals surface area contributed by atoms with E-state index in [4.69, 9.17) is 0 Å². The van der Waals surface area contributed by atoms with Gasteiger partial charge in [-0.1, -0.05) is 12.1 Å². The summed E-state index contributed by atoms with van der Waals surface area (Å²) in [6.07, 6.45) is -0.105. The molecule has 0 spiro atoms. The van der Waals surface area contributed by atoms with Crippen LogP contribution in [0.3, 0.4) is 0 Å². The minimum Gasteiger partial charge on any atom is -0.326 e. The molecule has 9 heteroatoms. The van der Waals surface area contributed by atoms with Gasteiger partial charge in [-0.3, -0.25) is 14.9 Å². The lowest BCUT2D eigenvalue weighted by molar-refractivity contribution is -0.385. The fraction of sp³-hybridized carbons (Fsp3) is 0.278. The number of benzene rings is 2. The van der Waals surface area contributed by atoms with E-state index in [9.17, 15) is 23.3 Å². The molecule has 0 saturated heterocycles. The Labute approximate surface area is 157 Å². The summed E-state index contributed by atoms with van der Waals surface area (Å²) in [7, 11) is -3.71. The van der Waals surface area contributed by atoms with Crippen LogP contribution in [0, 0.1) is 30.9 Å². The third-order valence-electron chi connectivity index (χ3n) is 4.21. The summed E-state index contributed by atoms with van der Waals surface area (Å²) < 4.78 is 27.0. The molecule has 2 N–H and O–H groups in total. The van der Waals surface area contributed by atoms with Crippen molar-refractivity contribution in [3.63, 3.8) is 0 Å². The van der Waals surface area contributed by atoms with Crippen LogP contribution in [0.25, 0.3) is 0 Å². The van der Waals surface area contributed by atoms with Gasteiger partial charge in [0.25, 0.3) is 5.69 Å². The summed E-state index contributed by atoms with van der Waals surface area (Å²) in [5.74, 6) is -0.443. The number of carbonyl (C=O) groups is 1. The molecule has 0 atom stereocenters. The van der Waals surface area contributed by atoms with Gasteiger partial charge < -0.3 is 5.32 Å². The molecular weight excluding hydrogens is 370 g/mol. The third kappa shape index (κ3) is 5.11. The molecule has 0 radical (unpaired) electrons. The molecule has 0 fully saturated rings. The molecule has 27 heavy (non-hydrogen) atoms. The Bertz CT molecular complexity index is 986. The molecule has 2 aromatic rings. The lowest BCUT2D eigenvalue weighted by atomic mass is 10.1. The van der Waals surface area contributed by atoms with Gasteiger partial charge in [-0.25, -0.2) is 13.1 Å². The molecule has 1 amide bonds. The number of nitro benzene ring substituents is 1. The number of nitrogens with one attached hydrogen (secondary N) is 2. The Balaban J connectivity index is 1.97. The Kier molecular flexibility index (Phi) is 6.29. The van der Waals surface area contributed by atoms with Crippen molar-refractivity contribution in [3.05, 3.63) is 63.2 Å². The fourth-order valence-electron chi connectivity index (χ4n) is 2.43. The normalized spacial score (nSPS) is 11.2. The lowest BCUT2D eigenvalue weighted by Gasteiger charge is -2.10. The van der Waals surface area contributed by atoms with Crippen LogP contribution in [0.2, 0.25) is 0 Å². The first-order valence-electron chi connectivity index (χ1n) is 8.22. The topological polar surface area (TPSA) is 118 Å². The highest BCUT2D eigenvalue weighted by molar-refractivity contribution is 7.89. The average molecular weight is 391 g/mol.